The SMILES string of the molecule is CCCN(Cc1ccc(OCC)c(OCC)c1)C(=O)c1ccc(C(N)=O)cc1. The average Bonchev–Trinajstić information content (AvgIpc) is 2.69. The summed E-state index contributed by atoms with van der Waals surface area (Å²) in [5.74, 6) is 0.770. The Kier molecular flexibility index (Phi) is 7.87. The molecule has 0 aromatic heterocycles. The van der Waals surface area contributed by atoms with Gasteiger partial charge in [0.1, 0.15) is 0 Å². The largest absolute Gasteiger partial charge is 0.490 e. The van der Waals surface area contributed by atoms with Crippen molar-refractivity contribution in [1.82, 2.24) is 4.90 Å². The molecule has 6 heteroatoms. The van der Waals surface area contributed by atoms with E-state index in [1.165, 1.54) is 0 Å². The van der Waals surface area contributed by atoms with Crippen LogP contribution in [0.1, 0.15) is 53.5 Å². The lowest BCUT2D eigenvalue weighted by Gasteiger charge is -2.23. The van der Waals surface area contributed by atoms with Crippen molar-refractivity contribution in [3.8, 4) is 11.5 Å². The Morgan fingerprint density at radius 2 is 1.50 bits per heavy atom. The summed E-state index contributed by atoms with van der Waals surface area (Å²) in [4.78, 5) is 26.0. The third kappa shape index (κ3) is 5.49. The molecule has 0 saturated heterocycles. The van der Waals surface area contributed by atoms with E-state index < -0.39 is 5.91 Å². The van der Waals surface area contributed by atoms with Crippen molar-refractivity contribution in [3.63, 3.8) is 0 Å². The van der Waals surface area contributed by atoms with Crippen LogP contribution in [0.2, 0.25) is 0 Å². The summed E-state index contributed by atoms with van der Waals surface area (Å²) >= 11 is 0. The lowest BCUT2D eigenvalue weighted by Crippen LogP contribution is -2.31. The van der Waals surface area contributed by atoms with Crippen LogP contribution in [0.15, 0.2) is 42.5 Å². The number of carbonyl (C=O) groups is 2. The van der Waals surface area contributed by atoms with E-state index >= 15 is 0 Å². The second-order valence-corrected chi connectivity index (χ2v) is 6.32. The van der Waals surface area contributed by atoms with Crippen molar-refractivity contribution in [2.24, 2.45) is 5.73 Å². The zero-order valence-corrected chi connectivity index (χ0v) is 16.7. The van der Waals surface area contributed by atoms with Crippen LogP contribution in [0.3, 0.4) is 0 Å². The highest BCUT2D eigenvalue weighted by Gasteiger charge is 2.17. The first-order chi connectivity index (χ1) is 13.5. The van der Waals surface area contributed by atoms with Crippen molar-refractivity contribution in [1.29, 1.82) is 0 Å². The van der Waals surface area contributed by atoms with Crippen LogP contribution in [0.25, 0.3) is 0 Å². The summed E-state index contributed by atoms with van der Waals surface area (Å²) in [5.41, 5.74) is 7.13. The number of ether oxygens (including phenoxy) is 2. The van der Waals surface area contributed by atoms with Gasteiger partial charge in [-0.3, -0.25) is 9.59 Å². The van der Waals surface area contributed by atoms with E-state index in [0.29, 0.717) is 48.9 Å². The Balaban J connectivity index is 2.22. The molecule has 0 saturated carbocycles. The standard InChI is InChI=1S/C22H28N2O4/c1-4-13-24(22(26)18-10-8-17(9-11-18)21(23)25)15-16-7-12-19(27-5-2)20(14-16)28-6-3/h7-12,14H,4-6,13,15H2,1-3H3,(H2,23,25). The Morgan fingerprint density at radius 1 is 0.893 bits per heavy atom. The molecule has 0 aliphatic heterocycles. The molecule has 2 amide bonds. The molecule has 2 rings (SSSR count). The van der Waals surface area contributed by atoms with Crippen LogP contribution in [0.5, 0.6) is 11.5 Å². The van der Waals surface area contributed by atoms with Gasteiger partial charge in [-0.2, -0.15) is 0 Å². The van der Waals surface area contributed by atoms with Gasteiger partial charge in [0.15, 0.2) is 11.5 Å². The molecule has 0 unspecified atom stereocenters. The van der Waals surface area contributed by atoms with E-state index in [4.69, 9.17) is 15.2 Å². The first kappa shape index (κ1) is 21.3. The zero-order chi connectivity index (χ0) is 20.5. The number of primary amides is 1. The molecule has 6 nitrogen and oxygen atoms in total. The van der Waals surface area contributed by atoms with Crippen LogP contribution < -0.4 is 15.2 Å². The Bertz CT molecular complexity index is 803. The summed E-state index contributed by atoms with van der Waals surface area (Å²) in [6.45, 7) is 8.04. The van der Waals surface area contributed by atoms with Gasteiger partial charge in [-0.1, -0.05) is 13.0 Å². The van der Waals surface area contributed by atoms with Crippen molar-refractivity contribution in [2.75, 3.05) is 19.8 Å². The number of nitrogens with two attached hydrogens (primary N) is 1. The molecule has 2 N–H and O–H groups in total. The van der Waals surface area contributed by atoms with Gasteiger partial charge in [0.25, 0.3) is 5.91 Å². The number of benzene rings is 2. The Labute approximate surface area is 166 Å². The minimum Gasteiger partial charge on any atom is -0.490 e. The van der Waals surface area contributed by atoms with E-state index in [-0.39, 0.29) is 5.91 Å². The molecular weight excluding hydrogens is 356 g/mol. The average molecular weight is 384 g/mol. The predicted molar refractivity (Wildman–Crippen MR) is 109 cm³/mol. The molecule has 2 aromatic rings. The van der Waals surface area contributed by atoms with E-state index in [1.54, 1.807) is 29.2 Å². The minimum atomic E-state index is -0.512. The maximum atomic E-state index is 13.0. The number of hydrogen-bond acceptors (Lipinski definition) is 4. The van der Waals surface area contributed by atoms with Gasteiger partial charge in [0.2, 0.25) is 5.91 Å². The van der Waals surface area contributed by atoms with Crippen LogP contribution in [-0.2, 0) is 6.54 Å². The maximum absolute atomic E-state index is 13.0. The molecule has 0 fully saturated rings. The first-order valence-corrected chi connectivity index (χ1v) is 9.57. The third-order valence-electron chi connectivity index (χ3n) is 4.18. The van der Waals surface area contributed by atoms with Crippen LogP contribution in [0, 0.1) is 0 Å². The smallest absolute Gasteiger partial charge is 0.254 e. The molecule has 0 heterocycles. The monoisotopic (exact) mass is 384 g/mol. The molecular formula is C22H28N2O4. The lowest BCUT2D eigenvalue weighted by atomic mass is 10.1. The highest BCUT2D eigenvalue weighted by molar-refractivity contribution is 5.97. The second kappa shape index (κ2) is 10.3. The van der Waals surface area contributed by atoms with Gasteiger partial charge in [-0.25, -0.2) is 0 Å². The van der Waals surface area contributed by atoms with Gasteiger partial charge in [0.05, 0.1) is 13.2 Å². The number of amides is 2. The third-order valence-corrected chi connectivity index (χ3v) is 4.18. The summed E-state index contributed by atoms with van der Waals surface area (Å²) in [5, 5.41) is 0. The molecule has 0 bridgehead atoms. The highest BCUT2D eigenvalue weighted by Crippen LogP contribution is 2.29. The van der Waals surface area contributed by atoms with Crippen LogP contribution in [0.4, 0.5) is 0 Å². The fraction of sp³-hybridized carbons (Fsp3) is 0.364. The molecule has 2 aromatic carbocycles. The van der Waals surface area contributed by atoms with Crippen LogP contribution in [-0.4, -0.2) is 36.5 Å². The molecule has 0 aliphatic rings. The molecule has 0 radical (unpaired) electrons. The van der Waals surface area contributed by atoms with Crippen molar-refractivity contribution < 1.29 is 19.1 Å². The molecule has 150 valence electrons. The van der Waals surface area contributed by atoms with Gasteiger partial charge in [-0.15, -0.1) is 0 Å². The quantitative estimate of drug-likeness (QED) is 0.678. The van der Waals surface area contributed by atoms with Crippen molar-refractivity contribution >= 4 is 11.8 Å². The summed E-state index contributed by atoms with van der Waals surface area (Å²) in [6.07, 6.45) is 0.834. The van der Waals surface area contributed by atoms with E-state index in [0.717, 1.165) is 12.0 Å². The van der Waals surface area contributed by atoms with Gasteiger partial charge >= 0.3 is 0 Å². The Hall–Kier alpha value is -3.02. The normalized spacial score (nSPS) is 10.4. The number of carbonyl (C=O) groups excluding carboxylic acids is 2. The number of hydrogen-bond donors (Lipinski definition) is 1. The highest BCUT2D eigenvalue weighted by atomic mass is 16.5. The van der Waals surface area contributed by atoms with Gasteiger partial charge in [-0.05, 0) is 62.2 Å². The van der Waals surface area contributed by atoms with Crippen molar-refractivity contribution in [2.45, 2.75) is 33.7 Å². The Morgan fingerprint density at radius 3 is 2.07 bits per heavy atom. The maximum Gasteiger partial charge on any atom is 0.254 e. The fourth-order valence-electron chi connectivity index (χ4n) is 2.90. The summed E-state index contributed by atoms with van der Waals surface area (Å²) in [6, 6.07) is 12.2. The summed E-state index contributed by atoms with van der Waals surface area (Å²) in [7, 11) is 0. The topological polar surface area (TPSA) is 81.9 Å². The first-order valence-electron chi connectivity index (χ1n) is 9.57. The minimum absolute atomic E-state index is 0.0929. The molecule has 0 aliphatic carbocycles. The lowest BCUT2D eigenvalue weighted by molar-refractivity contribution is 0.0742. The number of nitrogens with zero attached hydrogens (tertiary/aromatic N) is 1. The van der Waals surface area contributed by atoms with E-state index in [9.17, 15) is 9.59 Å². The second-order valence-electron chi connectivity index (χ2n) is 6.32. The predicted octanol–water partition coefficient (Wildman–Crippen LogP) is 3.64. The number of rotatable bonds is 10. The molecule has 0 atom stereocenters. The summed E-state index contributed by atoms with van der Waals surface area (Å²) < 4.78 is 11.3. The molecule has 0 spiro atoms. The molecule has 28 heavy (non-hydrogen) atoms. The fourth-order valence-corrected chi connectivity index (χ4v) is 2.90. The van der Waals surface area contributed by atoms with E-state index in [2.05, 4.69) is 0 Å². The van der Waals surface area contributed by atoms with Gasteiger partial charge < -0.3 is 20.1 Å². The zero-order valence-electron chi connectivity index (χ0n) is 16.7. The van der Waals surface area contributed by atoms with E-state index in [1.807, 2.05) is 39.0 Å². The van der Waals surface area contributed by atoms with Crippen LogP contribution >= 0.6 is 0 Å². The van der Waals surface area contributed by atoms with Crippen molar-refractivity contribution in [3.05, 3.63) is 59.2 Å². The van der Waals surface area contributed by atoms with Gasteiger partial charge in [0, 0.05) is 24.2 Å².